The van der Waals surface area contributed by atoms with Crippen molar-refractivity contribution in [1.29, 1.82) is 0 Å². The molecule has 3 heteroatoms. The average molecular weight is 197 g/mol. The van der Waals surface area contributed by atoms with E-state index in [1.54, 1.807) is 0 Å². The van der Waals surface area contributed by atoms with Crippen LogP contribution in [-0.2, 0) is 6.42 Å². The van der Waals surface area contributed by atoms with Crippen LogP contribution in [0.1, 0.15) is 11.1 Å². The molecule has 0 heterocycles. The van der Waals surface area contributed by atoms with Crippen molar-refractivity contribution >= 4 is 0 Å². The van der Waals surface area contributed by atoms with Crippen LogP contribution in [0, 0.1) is 6.92 Å². The van der Waals surface area contributed by atoms with Crippen LogP contribution in [0.5, 0.6) is 5.75 Å². The Bertz CT molecular complexity index is 289. The molecule has 14 heavy (non-hydrogen) atoms. The summed E-state index contributed by atoms with van der Waals surface area (Å²) < 4.78 is 17.1. The van der Waals surface area contributed by atoms with Gasteiger partial charge in [-0.05, 0) is 37.1 Å². The molecule has 1 aromatic carbocycles. The zero-order chi connectivity index (χ0) is 10.4. The van der Waals surface area contributed by atoms with Gasteiger partial charge in [-0.3, -0.25) is 0 Å². The van der Waals surface area contributed by atoms with Gasteiger partial charge in [-0.15, -0.1) is 0 Å². The number of aryl methyl sites for hydroxylation is 1. The van der Waals surface area contributed by atoms with E-state index >= 15 is 0 Å². The Morgan fingerprint density at radius 3 is 2.79 bits per heavy atom. The Morgan fingerprint density at radius 2 is 2.21 bits per heavy atom. The number of hydrogen-bond acceptors (Lipinski definition) is 2. The first-order valence-corrected chi connectivity index (χ1v) is 4.76. The predicted octanol–water partition coefficient (Wildman–Crippen LogP) is 1.84. The summed E-state index contributed by atoms with van der Waals surface area (Å²) in [6.45, 7) is 2.26. The molecule has 2 N–H and O–H groups in total. The molecule has 78 valence electrons. The average Bonchev–Trinajstić information content (AvgIpc) is 2.17. The highest BCUT2D eigenvalue weighted by Gasteiger charge is 2.00. The van der Waals surface area contributed by atoms with E-state index in [0.29, 0.717) is 6.54 Å². The molecular formula is C11H16FNO. The zero-order valence-electron chi connectivity index (χ0n) is 8.42. The standard InChI is InChI=1S/C11H16FNO/c1-9-8-10(4-6-13)2-3-11(9)14-7-5-12/h2-3,8H,4-7,13H2,1H3. The maximum absolute atomic E-state index is 11.9. The molecule has 0 aliphatic carbocycles. The Labute approximate surface area is 83.9 Å². The van der Waals surface area contributed by atoms with Gasteiger partial charge in [0.05, 0.1) is 0 Å². The topological polar surface area (TPSA) is 35.2 Å². The second-order valence-corrected chi connectivity index (χ2v) is 3.18. The highest BCUT2D eigenvalue weighted by molar-refractivity contribution is 5.36. The fraction of sp³-hybridized carbons (Fsp3) is 0.455. The molecule has 1 aromatic rings. The van der Waals surface area contributed by atoms with E-state index in [0.717, 1.165) is 17.7 Å². The van der Waals surface area contributed by atoms with Gasteiger partial charge >= 0.3 is 0 Å². The van der Waals surface area contributed by atoms with Crippen molar-refractivity contribution in [2.24, 2.45) is 5.73 Å². The van der Waals surface area contributed by atoms with Gasteiger partial charge in [0.2, 0.25) is 0 Å². The molecule has 0 aliphatic heterocycles. The predicted molar refractivity (Wildman–Crippen MR) is 55.4 cm³/mol. The number of rotatable bonds is 5. The van der Waals surface area contributed by atoms with Crippen molar-refractivity contribution in [3.05, 3.63) is 29.3 Å². The molecule has 0 spiro atoms. The molecule has 0 aromatic heterocycles. The summed E-state index contributed by atoms with van der Waals surface area (Å²) in [5, 5.41) is 0. The van der Waals surface area contributed by atoms with Crippen LogP contribution in [0.25, 0.3) is 0 Å². The summed E-state index contributed by atoms with van der Waals surface area (Å²) in [5.74, 6) is 0.753. The lowest BCUT2D eigenvalue weighted by molar-refractivity contribution is 0.272. The lowest BCUT2D eigenvalue weighted by Crippen LogP contribution is -2.04. The smallest absolute Gasteiger partial charge is 0.123 e. The zero-order valence-corrected chi connectivity index (χ0v) is 8.42. The fourth-order valence-corrected chi connectivity index (χ4v) is 1.34. The Balaban J connectivity index is 2.68. The molecule has 0 aliphatic rings. The van der Waals surface area contributed by atoms with Crippen molar-refractivity contribution in [3.63, 3.8) is 0 Å². The van der Waals surface area contributed by atoms with Crippen molar-refractivity contribution < 1.29 is 9.13 Å². The molecule has 0 saturated carbocycles. The van der Waals surface area contributed by atoms with E-state index in [2.05, 4.69) is 0 Å². The van der Waals surface area contributed by atoms with Crippen LogP contribution in [0.15, 0.2) is 18.2 Å². The maximum atomic E-state index is 11.9. The molecule has 2 nitrogen and oxygen atoms in total. The highest BCUT2D eigenvalue weighted by Crippen LogP contribution is 2.19. The lowest BCUT2D eigenvalue weighted by atomic mass is 10.1. The van der Waals surface area contributed by atoms with Crippen molar-refractivity contribution in [2.45, 2.75) is 13.3 Å². The molecule has 0 radical (unpaired) electrons. The third-order valence-electron chi connectivity index (χ3n) is 2.01. The van der Waals surface area contributed by atoms with Crippen LogP contribution in [0.3, 0.4) is 0 Å². The van der Waals surface area contributed by atoms with Crippen LogP contribution in [-0.4, -0.2) is 19.8 Å². The molecule has 0 bridgehead atoms. The van der Waals surface area contributed by atoms with Gasteiger partial charge in [-0.1, -0.05) is 12.1 Å². The van der Waals surface area contributed by atoms with Crippen molar-refractivity contribution in [1.82, 2.24) is 0 Å². The maximum Gasteiger partial charge on any atom is 0.123 e. The first kappa shape index (κ1) is 11.0. The van der Waals surface area contributed by atoms with Gasteiger partial charge in [-0.2, -0.15) is 0 Å². The summed E-state index contributed by atoms with van der Waals surface area (Å²) >= 11 is 0. The van der Waals surface area contributed by atoms with E-state index in [-0.39, 0.29) is 6.61 Å². The Kier molecular flexibility index (Phi) is 4.40. The number of alkyl halides is 1. The molecule has 0 saturated heterocycles. The number of benzene rings is 1. The first-order valence-electron chi connectivity index (χ1n) is 4.76. The van der Waals surface area contributed by atoms with Crippen LogP contribution >= 0.6 is 0 Å². The minimum absolute atomic E-state index is 0.122. The summed E-state index contributed by atoms with van der Waals surface area (Å²) in [4.78, 5) is 0. The molecule has 0 amide bonds. The van der Waals surface area contributed by atoms with Crippen molar-refractivity contribution in [3.8, 4) is 5.75 Å². The van der Waals surface area contributed by atoms with Crippen LogP contribution < -0.4 is 10.5 Å². The number of hydrogen-bond donors (Lipinski definition) is 1. The van der Waals surface area contributed by atoms with Crippen molar-refractivity contribution in [2.75, 3.05) is 19.8 Å². The van der Waals surface area contributed by atoms with E-state index in [4.69, 9.17) is 10.5 Å². The number of halogens is 1. The second-order valence-electron chi connectivity index (χ2n) is 3.18. The summed E-state index contributed by atoms with van der Waals surface area (Å²) in [6, 6.07) is 5.86. The normalized spacial score (nSPS) is 10.2. The minimum atomic E-state index is -0.454. The Hall–Kier alpha value is -1.09. The van der Waals surface area contributed by atoms with Gasteiger partial charge in [-0.25, -0.2) is 4.39 Å². The van der Waals surface area contributed by atoms with Gasteiger partial charge < -0.3 is 10.5 Å². The lowest BCUT2D eigenvalue weighted by Gasteiger charge is -2.08. The molecule has 0 unspecified atom stereocenters. The fourth-order valence-electron chi connectivity index (χ4n) is 1.34. The molecule has 0 atom stereocenters. The molecule has 1 rings (SSSR count). The summed E-state index contributed by atoms with van der Waals surface area (Å²) in [7, 11) is 0. The van der Waals surface area contributed by atoms with Gasteiger partial charge in [0, 0.05) is 0 Å². The molecule has 0 fully saturated rings. The third-order valence-corrected chi connectivity index (χ3v) is 2.01. The van der Waals surface area contributed by atoms with Crippen LogP contribution in [0.2, 0.25) is 0 Å². The largest absolute Gasteiger partial charge is 0.491 e. The van der Waals surface area contributed by atoms with E-state index in [1.165, 1.54) is 5.56 Å². The minimum Gasteiger partial charge on any atom is -0.491 e. The quantitative estimate of drug-likeness (QED) is 0.781. The van der Waals surface area contributed by atoms with E-state index < -0.39 is 6.67 Å². The first-order chi connectivity index (χ1) is 6.77. The second kappa shape index (κ2) is 5.60. The summed E-state index contributed by atoms with van der Waals surface area (Å²) in [6.07, 6.45) is 0.865. The van der Waals surface area contributed by atoms with E-state index in [1.807, 2.05) is 25.1 Å². The monoisotopic (exact) mass is 197 g/mol. The summed E-state index contributed by atoms with van der Waals surface area (Å²) in [5.41, 5.74) is 7.67. The van der Waals surface area contributed by atoms with Gasteiger partial charge in [0.1, 0.15) is 19.0 Å². The Morgan fingerprint density at radius 1 is 1.43 bits per heavy atom. The van der Waals surface area contributed by atoms with Gasteiger partial charge in [0.25, 0.3) is 0 Å². The highest BCUT2D eigenvalue weighted by atomic mass is 19.1. The number of ether oxygens (including phenoxy) is 1. The number of nitrogens with two attached hydrogens (primary N) is 1. The SMILES string of the molecule is Cc1cc(CCN)ccc1OCCF. The van der Waals surface area contributed by atoms with Gasteiger partial charge in [0.15, 0.2) is 0 Å². The van der Waals surface area contributed by atoms with Crippen LogP contribution in [0.4, 0.5) is 4.39 Å². The van der Waals surface area contributed by atoms with E-state index in [9.17, 15) is 4.39 Å². The molecular weight excluding hydrogens is 181 g/mol. The third kappa shape index (κ3) is 3.00.